The third-order valence-corrected chi connectivity index (χ3v) is 3.89. The average Bonchev–Trinajstić information content (AvgIpc) is 2.57. The molecule has 120 valence electrons. The first-order valence-electron chi connectivity index (χ1n) is 7.47. The quantitative estimate of drug-likeness (QED) is 0.656. The van der Waals surface area contributed by atoms with Crippen LogP contribution in [0.4, 0.5) is 17.2 Å². The molecule has 0 saturated heterocycles. The molecule has 0 atom stereocenters. The lowest BCUT2D eigenvalue weighted by Crippen LogP contribution is -2.13. The van der Waals surface area contributed by atoms with Gasteiger partial charge >= 0.3 is 0 Å². The molecule has 0 spiro atoms. The summed E-state index contributed by atoms with van der Waals surface area (Å²) in [5.74, 6) is 0.347. The van der Waals surface area contributed by atoms with Gasteiger partial charge in [0.25, 0.3) is 5.91 Å². The summed E-state index contributed by atoms with van der Waals surface area (Å²) < 4.78 is 1.00. The van der Waals surface area contributed by atoms with Crippen molar-refractivity contribution < 1.29 is 4.79 Å². The van der Waals surface area contributed by atoms with E-state index in [1.54, 1.807) is 18.3 Å². The van der Waals surface area contributed by atoms with E-state index in [0.29, 0.717) is 11.4 Å². The predicted octanol–water partition coefficient (Wildman–Crippen LogP) is 5.15. The molecule has 2 aromatic carbocycles. The molecule has 1 aromatic heterocycles. The van der Waals surface area contributed by atoms with Crippen LogP contribution in [0.2, 0.25) is 0 Å². The van der Waals surface area contributed by atoms with E-state index >= 15 is 0 Å². The van der Waals surface area contributed by atoms with Crippen molar-refractivity contribution in [2.24, 2.45) is 0 Å². The lowest BCUT2D eigenvalue weighted by atomic mass is 10.1. The van der Waals surface area contributed by atoms with Gasteiger partial charge in [-0.05, 0) is 49.4 Å². The third kappa shape index (κ3) is 4.20. The maximum atomic E-state index is 12.2. The second kappa shape index (κ2) is 7.27. The fourth-order valence-corrected chi connectivity index (χ4v) is 2.65. The molecule has 0 aliphatic heterocycles. The Labute approximate surface area is 149 Å². The Morgan fingerprint density at radius 1 is 1.00 bits per heavy atom. The number of rotatable bonds is 4. The first-order valence-corrected chi connectivity index (χ1v) is 8.26. The van der Waals surface area contributed by atoms with Gasteiger partial charge in [-0.2, -0.15) is 0 Å². The van der Waals surface area contributed by atoms with E-state index in [-0.39, 0.29) is 5.91 Å². The normalized spacial score (nSPS) is 10.2. The number of anilines is 3. The third-order valence-electron chi connectivity index (χ3n) is 3.40. The Balaban J connectivity index is 1.67. The summed E-state index contributed by atoms with van der Waals surface area (Å²) in [5.41, 5.74) is 3.47. The van der Waals surface area contributed by atoms with Gasteiger partial charge in [0.05, 0.1) is 11.9 Å². The van der Waals surface area contributed by atoms with Gasteiger partial charge in [-0.1, -0.05) is 39.7 Å². The highest BCUT2D eigenvalue weighted by Gasteiger charge is 2.07. The molecule has 0 fully saturated rings. The molecule has 3 rings (SSSR count). The number of hydrogen-bond donors (Lipinski definition) is 2. The number of halogens is 1. The number of aryl methyl sites for hydroxylation is 1. The molecule has 0 bridgehead atoms. The molecule has 2 N–H and O–H groups in total. The molecular weight excluding hydrogens is 366 g/mol. The summed E-state index contributed by atoms with van der Waals surface area (Å²) in [5, 5.41) is 6.06. The maximum Gasteiger partial charge on any atom is 0.256 e. The summed E-state index contributed by atoms with van der Waals surface area (Å²) >= 11 is 3.44. The van der Waals surface area contributed by atoms with Crippen LogP contribution in [0.15, 0.2) is 71.3 Å². The number of benzene rings is 2. The van der Waals surface area contributed by atoms with Gasteiger partial charge in [0, 0.05) is 15.7 Å². The number of hydrogen-bond acceptors (Lipinski definition) is 3. The van der Waals surface area contributed by atoms with Crippen molar-refractivity contribution in [1.29, 1.82) is 0 Å². The first-order chi connectivity index (χ1) is 11.6. The Bertz CT molecular complexity index is 862. The molecule has 0 radical (unpaired) electrons. The zero-order valence-electron chi connectivity index (χ0n) is 13.1. The SMILES string of the molecule is Cc1cccc(C(=O)Nc2ccc(Nc3cccc(Br)c3)cn2)c1. The van der Waals surface area contributed by atoms with E-state index in [2.05, 4.69) is 31.5 Å². The molecule has 0 saturated carbocycles. The molecule has 1 heterocycles. The zero-order valence-corrected chi connectivity index (χ0v) is 14.7. The number of carbonyl (C=O) groups excluding carboxylic acids is 1. The minimum Gasteiger partial charge on any atom is -0.354 e. The van der Waals surface area contributed by atoms with Crippen molar-refractivity contribution >= 4 is 39.0 Å². The van der Waals surface area contributed by atoms with Crippen LogP contribution in [0.3, 0.4) is 0 Å². The van der Waals surface area contributed by atoms with Gasteiger partial charge in [0.1, 0.15) is 5.82 Å². The van der Waals surface area contributed by atoms with E-state index in [0.717, 1.165) is 21.4 Å². The van der Waals surface area contributed by atoms with Crippen LogP contribution in [0.25, 0.3) is 0 Å². The summed E-state index contributed by atoms with van der Waals surface area (Å²) in [6, 6.07) is 19.0. The predicted molar refractivity (Wildman–Crippen MR) is 101 cm³/mol. The van der Waals surface area contributed by atoms with Crippen LogP contribution in [-0.2, 0) is 0 Å². The summed E-state index contributed by atoms with van der Waals surface area (Å²) in [7, 11) is 0. The highest BCUT2D eigenvalue weighted by molar-refractivity contribution is 9.10. The fourth-order valence-electron chi connectivity index (χ4n) is 2.25. The van der Waals surface area contributed by atoms with Crippen molar-refractivity contribution in [3.8, 4) is 0 Å². The average molecular weight is 382 g/mol. The number of carbonyl (C=O) groups is 1. The number of pyridine rings is 1. The van der Waals surface area contributed by atoms with Gasteiger partial charge in [-0.25, -0.2) is 4.98 Å². The zero-order chi connectivity index (χ0) is 16.9. The van der Waals surface area contributed by atoms with Crippen molar-refractivity contribution in [2.45, 2.75) is 6.92 Å². The lowest BCUT2D eigenvalue weighted by Gasteiger charge is -2.08. The van der Waals surface area contributed by atoms with Crippen molar-refractivity contribution in [3.63, 3.8) is 0 Å². The molecule has 0 aliphatic carbocycles. The Kier molecular flexibility index (Phi) is 4.91. The summed E-state index contributed by atoms with van der Waals surface area (Å²) in [4.78, 5) is 16.5. The van der Waals surface area contributed by atoms with Crippen LogP contribution in [0.1, 0.15) is 15.9 Å². The van der Waals surface area contributed by atoms with Crippen LogP contribution < -0.4 is 10.6 Å². The van der Waals surface area contributed by atoms with E-state index in [1.165, 1.54) is 0 Å². The van der Waals surface area contributed by atoms with Gasteiger partial charge < -0.3 is 10.6 Å². The second-order valence-electron chi connectivity index (χ2n) is 5.39. The van der Waals surface area contributed by atoms with Gasteiger partial charge in [-0.3, -0.25) is 4.79 Å². The Hall–Kier alpha value is -2.66. The minimum atomic E-state index is -0.168. The monoisotopic (exact) mass is 381 g/mol. The molecule has 0 unspecified atom stereocenters. The number of nitrogens with one attached hydrogen (secondary N) is 2. The van der Waals surface area contributed by atoms with Crippen molar-refractivity contribution in [1.82, 2.24) is 4.98 Å². The highest BCUT2D eigenvalue weighted by Crippen LogP contribution is 2.20. The Morgan fingerprint density at radius 3 is 2.54 bits per heavy atom. The molecule has 3 aromatic rings. The van der Waals surface area contributed by atoms with Crippen LogP contribution >= 0.6 is 15.9 Å². The van der Waals surface area contributed by atoms with E-state index in [4.69, 9.17) is 0 Å². The number of nitrogens with zero attached hydrogens (tertiary/aromatic N) is 1. The molecular formula is C19H16BrN3O. The van der Waals surface area contributed by atoms with Crippen molar-refractivity contribution in [2.75, 3.05) is 10.6 Å². The van der Waals surface area contributed by atoms with Crippen molar-refractivity contribution in [3.05, 3.63) is 82.5 Å². The molecule has 4 nitrogen and oxygen atoms in total. The van der Waals surface area contributed by atoms with Crippen LogP contribution in [0.5, 0.6) is 0 Å². The van der Waals surface area contributed by atoms with E-state index in [1.807, 2.05) is 55.5 Å². The molecule has 5 heteroatoms. The molecule has 24 heavy (non-hydrogen) atoms. The maximum absolute atomic E-state index is 12.2. The largest absolute Gasteiger partial charge is 0.354 e. The first kappa shape index (κ1) is 16.2. The van der Waals surface area contributed by atoms with Crippen LogP contribution in [0, 0.1) is 6.92 Å². The molecule has 1 amide bonds. The topological polar surface area (TPSA) is 54.0 Å². The molecule has 0 aliphatic rings. The van der Waals surface area contributed by atoms with E-state index in [9.17, 15) is 4.79 Å². The minimum absolute atomic E-state index is 0.168. The number of aromatic nitrogens is 1. The highest BCUT2D eigenvalue weighted by atomic mass is 79.9. The van der Waals surface area contributed by atoms with Crippen LogP contribution in [-0.4, -0.2) is 10.9 Å². The summed E-state index contributed by atoms with van der Waals surface area (Å²) in [6.07, 6.45) is 1.69. The fraction of sp³-hybridized carbons (Fsp3) is 0.0526. The van der Waals surface area contributed by atoms with E-state index < -0.39 is 0 Å². The van der Waals surface area contributed by atoms with Gasteiger partial charge in [0.2, 0.25) is 0 Å². The Morgan fingerprint density at radius 2 is 1.83 bits per heavy atom. The standard InChI is InChI=1S/C19H16BrN3O/c1-13-4-2-5-14(10-13)19(24)23-18-9-8-17(12-21-18)22-16-7-3-6-15(20)11-16/h2-12,22H,1H3,(H,21,23,24). The second-order valence-corrected chi connectivity index (χ2v) is 6.31. The lowest BCUT2D eigenvalue weighted by molar-refractivity contribution is 0.102. The van der Waals surface area contributed by atoms with Gasteiger partial charge in [-0.15, -0.1) is 0 Å². The number of amides is 1. The van der Waals surface area contributed by atoms with Gasteiger partial charge in [0.15, 0.2) is 0 Å². The smallest absolute Gasteiger partial charge is 0.256 e. The summed E-state index contributed by atoms with van der Waals surface area (Å²) in [6.45, 7) is 1.96.